The van der Waals surface area contributed by atoms with E-state index in [-0.39, 0.29) is 0 Å². The van der Waals surface area contributed by atoms with Crippen molar-refractivity contribution in [1.82, 2.24) is 0 Å². The van der Waals surface area contributed by atoms with Gasteiger partial charge in [0.25, 0.3) is 0 Å². The fourth-order valence-electron chi connectivity index (χ4n) is 1.48. The van der Waals surface area contributed by atoms with E-state index in [0.29, 0.717) is 0 Å². The van der Waals surface area contributed by atoms with Crippen LogP contribution >= 0.6 is 0 Å². The van der Waals surface area contributed by atoms with E-state index in [0.717, 1.165) is 0 Å². The molecule has 0 aromatic heterocycles. The number of alkyl halides is 11. The number of rotatable bonds is 1. The van der Waals surface area contributed by atoms with Gasteiger partial charge in [0.1, 0.15) is 0 Å². The zero-order chi connectivity index (χ0) is 16.6. The van der Waals surface area contributed by atoms with Gasteiger partial charge < -0.3 is 0 Å². The zero-order valence-electron chi connectivity index (χ0n) is 8.47. The third-order valence-corrected chi connectivity index (χ3v) is 2.72. The minimum Gasteiger partial charge on any atom is -0.243 e. The predicted octanol–water partition coefficient (Wildman–Crippen LogP) is 2.84. The van der Waals surface area contributed by atoms with Gasteiger partial charge in [-0.3, -0.25) is 0 Å². The standard InChI is InChI=1S/C7F11O2/c8-2(1(19)20)3(9,10)5(13,14)7(17,18)6(15,16)4(2,11)12. The Morgan fingerprint density at radius 1 is 0.500 bits per heavy atom. The van der Waals surface area contributed by atoms with Gasteiger partial charge in [-0.05, 0) is 0 Å². The summed E-state index contributed by atoms with van der Waals surface area (Å²) in [6.07, 6.45) is 0. The molecular formula is C7F11O2. The molecule has 20 heavy (non-hydrogen) atoms. The highest BCUT2D eigenvalue weighted by atomic mass is 19.4. The molecule has 13 heteroatoms. The van der Waals surface area contributed by atoms with Crippen molar-refractivity contribution in [1.29, 1.82) is 0 Å². The number of carbonyl (C=O) groups excluding carboxylic acids is 1. The Labute approximate surface area is 101 Å². The molecule has 1 aliphatic rings. The minimum absolute atomic E-state index is 4.39. The summed E-state index contributed by atoms with van der Waals surface area (Å²) < 4.78 is 140. The fourth-order valence-corrected chi connectivity index (χ4v) is 1.48. The summed E-state index contributed by atoms with van der Waals surface area (Å²) in [6.45, 7) is 0. The van der Waals surface area contributed by atoms with Crippen molar-refractivity contribution in [3.05, 3.63) is 0 Å². The molecular weight excluding hydrogens is 325 g/mol. The highest BCUT2D eigenvalue weighted by Crippen LogP contribution is 2.69. The van der Waals surface area contributed by atoms with Crippen LogP contribution in [0.25, 0.3) is 0 Å². The van der Waals surface area contributed by atoms with Crippen molar-refractivity contribution < 1.29 is 58.2 Å². The molecule has 0 bridgehead atoms. The number of halogens is 11. The van der Waals surface area contributed by atoms with Crippen molar-refractivity contribution in [2.24, 2.45) is 0 Å². The Morgan fingerprint density at radius 2 is 0.700 bits per heavy atom. The van der Waals surface area contributed by atoms with Crippen molar-refractivity contribution >= 4 is 5.97 Å². The van der Waals surface area contributed by atoms with E-state index in [9.17, 15) is 58.2 Å². The molecule has 1 radical (unpaired) electrons. The molecule has 1 saturated carbocycles. The normalized spacial score (nSPS) is 31.6. The lowest BCUT2D eigenvalue weighted by Gasteiger charge is -2.50. The maximum absolute atomic E-state index is 13.1. The molecule has 0 atom stereocenters. The van der Waals surface area contributed by atoms with E-state index in [1.54, 1.807) is 0 Å². The first kappa shape index (κ1) is 16.8. The van der Waals surface area contributed by atoms with Crippen LogP contribution in [0.1, 0.15) is 0 Å². The summed E-state index contributed by atoms with van der Waals surface area (Å²) in [5.74, 6) is -41.4. The van der Waals surface area contributed by atoms with E-state index < -0.39 is 41.3 Å². The Bertz CT molecular complexity index is 424. The van der Waals surface area contributed by atoms with Gasteiger partial charge in [0.05, 0.1) is 0 Å². The fraction of sp³-hybridized carbons (Fsp3) is 0.857. The molecule has 0 spiro atoms. The smallest absolute Gasteiger partial charge is 0.243 e. The molecule has 0 N–H and O–H groups in total. The largest absolute Gasteiger partial charge is 0.405 e. The van der Waals surface area contributed by atoms with Crippen LogP contribution in [0.3, 0.4) is 0 Å². The van der Waals surface area contributed by atoms with E-state index in [1.807, 2.05) is 0 Å². The van der Waals surface area contributed by atoms with Crippen molar-refractivity contribution in [3.63, 3.8) is 0 Å². The third-order valence-electron chi connectivity index (χ3n) is 2.72. The zero-order valence-corrected chi connectivity index (χ0v) is 8.47. The minimum atomic E-state index is -7.42. The molecule has 1 rings (SSSR count). The maximum Gasteiger partial charge on any atom is 0.405 e. The predicted molar refractivity (Wildman–Crippen MR) is 34.3 cm³/mol. The lowest BCUT2D eigenvalue weighted by Crippen LogP contribution is -2.85. The van der Waals surface area contributed by atoms with E-state index in [1.165, 1.54) is 0 Å². The second-order valence-corrected chi connectivity index (χ2v) is 3.82. The highest BCUT2D eigenvalue weighted by Gasteiger charge is 3.03. The van der Waals surface area contributed by atoms with Gasteiger partial charge in [0.15, 0.2) is 0 Å². The molecule has 0 heterocycles. The number of hydrogen-bond acceptors (Lipinski definition) is 1. The van der Waals surface area contributed by atoms with Crippen LogP contribution in [0.2, 0.25) is 0 Å². The Balaban J connectivity index is 3.88. The number of carbonyl (C=O) groups is 1. The lowest BCUT2D eigenvalue weighted by molar-refractivity contribution is -0.478. The van der Waals surface area contributed by atoms with Crippen LogP contribution in [-0.2, 0) is 9.90 Å². The quantitative estimate of drug-likeness (QED) is 0.683. The molecule has 0 aromatic carbocycles. The SMILES string of the molecule is [O]C(=O)C1(F)C(F)(F)C(F)(F)C(F)(F)C(F)(F)C1(F)F. The molecule has 0 saturated heterocycles. The summed E-state index contributed by atoms with van der Waals surface area (Å²) in [5, 5.41) is 9.94. The molecule has 1 fully saturated rings. The summed E-state index contributed by atoms with van der Waals surface area (Å²) in [7, 11) is 0. The van der Waals surface area contributed by atoms with Gasteiger partial charge >= 0.3 is 41.3 Å². The molecule has 0 unspecified atom stereocenters. The Hall–Kier alpha value is -1.30. The average molecular weight is 325 g/mol. The van der Waals surface area contributed by atoms with Crippen LogP contribution in [0, 0.1) is 0 Å². The van der Waals surface area contributed by atoms with Crippen molar-refractivity contribution in [2.45, 2.75) is 35.3 Å². The highest BCUT2D eigenvalue weighted by molar-refractivity contribution is 5.81. The van der Waals surface area contributed by atoms with Gasteiger partial charge in [0, 0.05) is 0 Å². The first-order chi connectivity index (χ1) is 8.44. The molecule has 0 amide bonds. The summed E-state index contributed by atoms with van der Waals surface area (Å²) in [6, 6.07) is 0. The second-order valence-electron chi connectivity index (χ2n) is 3.82. The molecule has 0 aliphatic heterocycles. The summed E-state index contributed by atoms with van der Waals surface area (Å²) >= 11 is 0. The maximum atomic E-state index is 13.1. The van der Waals surface area contributed by atoms with Gasteiger partial charge in [-0.25, -0.2) is 14.3 Å². The van der Waals surface area contributed by atoms with Gasteiger partial charge in [0.2, 0.25) is 0 Å². The molecule has 117 valence electrons. The summed E-state index contributed by atoms with van der Waals surface area (Å²) in [4.78, 5) is 9.94. The first-order valence-corrected chi connectivity index (χ1v) is 4.24. The third kappa shape index (κ3) is 1.19. The molecule has 2 nitrogen and oxygen atoms in total. The van der Waals surface area contributed by atoms with Crippen LogP contribution in [0.4, 0.5) is 48.3 Å². The molecule has 1 aliphatic carbocycles. The van der Waals surface area contributed by atoms with E-state index in [2.05, 4.69) is 0 Å². The van der Waals surface area contributed by atoms with E-state index >= 15 is 0 Å². The van der Waals surface area contributed by atoms with Crippen molar-refractivity contribution in [2.75, 3.05) is 0 Å². The van der Waals surface area contributed by atoms with Gasteiger partial charge in [-0.15, -0.1) is 0 Å². The van der Waals surface area contributed by atoms with Crippen LogP contribution in [0.5, 0.6) is 0 Å². The second kappa shape index (κ2) is 3.47. The summed E-state index contributed by atoms with van der Waals surface area (Å²) in [5.41, 5.74) is -7.05. The monoisotopic (exact) mass is 325 g/mol. The number of hydrogen-bond donors (Lipinski definition) is 0. The Kier molecular flexibility index (Phi) is 2.91. The Morgan fingerprint density at radius 3 is 0.900 bits per heavy atom. The lowest BCUT2D eigenvalue weighted by atomic mass is 9.72. The first-order valence-electron chi connectivity index (χ1n) is 4.24. The topological polar surface area (TPSA) is 37.0 Å². The van der Waals surface area contributed by atoms with Crippen LogP contribution in [-0.4, -0.2) is 41.3 Å². The van der Waals surface area contributed by atoms with Crippen LogP contribution in [0.15, 0.2) is 0 Å². The average Bonchev–Trinajstić information content (AvgIpc) is 2.24. The van der Waals surface area contributed by atoms with Crippen molar-refractivity contribution in [3.8, 4) is 0 Å². The van der Waals surface area contributed by atoms with Gasteiger partial charge in [-0.1, -0.05) is 0 Å². The van der Waals surface area contributed by atoms with Crippen LogP contribution < -0.4 is 0 Å². The molecule has 0 aromatic rings. The van der Waals surface area contributed by atoms with Gasteiger partial charge in [-0.2, -0.15) is 43.9 Å². The van der Waals surface area contributed by atoms with E-state index in [4.69, 9.17) is 0 Å².